The molecule has 0 spiro atoms. The van der Waals surface area contributed by atoms with Gasteiger partial charge in [-0.3, -0.25) is 4.79 Å². The summed E-state index contributed by atoms with van der Waals surface area (Å²) in [6.07, 6.45) is -1.52. The number of hydrogen-bond donors (Lipinski definition) is 0. The van der Waals surface area contributed by atoms with Crippen molar-refractivity contribution in [1.29, 1.82) is 0 Å². The highest BCUT2D eigenvalue weighted by Gasteiger charge is 2.39. The second-order valence-corrected chi connectivity index (χ2v) is 4.02. The van der Waals surface area contributed by atoms with Crippen LogP contribution in [0, 0.1) is 0 Å². The first kappa shape index (κ1) is 12.9. The van der Waals surface area contributed by atoms with Crippen molar-refractivity contribution >= 4 is 29.3 Å². The Labute approximate surface area is 83.1 Å². The van der Waals surface area contributed by atoms with Crippen LogP contribution in [0.3, 0.4) is 0 Å². The second kappa shape index (κ2) is 4.95. The SMILES string of the molecule is CSC(SC)=C(C(C)=O)C(F)(F)F. The number of hydrogen-bond acceptors (Lipinski definition) is 3. The molecule has 1 nitrogen and oxygen atoms in total. The Morgan fingerprint density at radius 2 is 1.54 bits per heavy atom. The predicted octanol–water partition coefficient (Wildman–Crippen LogP) is 3.08. The maximum absolute atomic E-state index is 12.3. The van der Waals surface area contributed by atoms with Gasteiger partial charge in [0, 0.05) is 0 Å². The summed E-state index contributed by atoms with van der Waals surface area (Å²) in [5, 5.41) is 0. The summed E-state index contributed by atoms with van der Waals surface area (Å²) in [5.74, 6) is -0.939. The molecule has 0 aliphatic carbocycles. The summed E-state index contributed by atoms with van der Waals surface area (Å²) in [5.41, 5.74) is -1.05. The minimum atomic E-state index is -4.55. The van der Waals surface area contributed by atoms with Gasteiger partial charge in [-0.05, 0) is 19.4 Å². The van der Waals surface area contributed by atoms with Crippen molar-refractivity contribution in [2.45, 2.75) is 13.1 Å². The summed E-state index contributed by atoms with van der Waals surface area (Å²) in [7, 11) is 0. The third-order valence-corrected chi connectivity index (χ3v) is 3.36. The average molecular weight is 230 g/mol. The number of alkyl halides is 3. The zero-order chi connectivity index (χ0) is 10.6. The van der Waals surface area contributed by atoms with E-state index in [1.54, 1.807) is 0 Å². The van der Waals surface area contributed by atoms with Crippen LogP contribution in [0.1, 0.15) is 6.92 Å². The molecule has 0 rings (SSSR count). The Morgan fingerprint density at radius 3 is 1.62 bits per heavy atom. The molecule has 0 atom stereocenters. The first-order valence-corrected chi connectivity index (χ1v) is 5.70. The van der Waals surface area contributed by atoms with E-state index in [1.165, 1.54) is 12.5 Å². The van der Waals surface area contributed by atoms with Gasteiger partial charge in [-0.1, -0.05) is 0 Å². The topological polar surface area (TPSA) is 17.1 Å². The molecule has 6 heteroatoms. The molecule has 0 aliphatic heterocycles. The number of carbonyl (C=O) groups excluding carboxylic acids is 1. The lowest BCUT2D eigenvalue weighted by atomic mass is 10.2. The summed E-state index contributed by atoms with van der Waals surface area (Å²) in [6.45, 7) is 0.926. The number of rotatable bonds is 3. The lowest BCUT2D eigenvalue weighted by molar-refractivity contribution is -0.127. The van der Waals surface area contributed by atoms with Gasteiger partial charge in [-0.25, -0.2) is 0 Å². The summed E-state index contributed by atoms with van der Waals surface area (Å²) in [6, 6.07) is 0. The van der Waals surface area contributed by atoms with Crippen LogP contribution in [0.4, 0.5) is 13.2 Å². The maximum Gasteiger partial charge on any atom is 0.421 e. The van der Waals surface area contributed by atoms with Crippen LogP contribution in [0.15, 0.2) is 9.81 Å². The van der Waals surface area contributed by atoms with Crippen LogP contribution in [-0.4, -0.2) is 24.5 Å². The lowest BCUT2D eigenvalue weighted by Gasteiger charge is -2.12. The van der Waals surface area contributed by atoms with Crippen molar-refractivity contribution in [3.05, 3.63) is 9.81 Å². The molecule has 0 fully saturated rings. The van der Waals surface area contributed by atoms with Crippen LogP contribution in [0.5, 0.6) is 0 Å². The zero-order valence-corrected chi connectivity index (χ0v) is 8.99. The van der Waals surface area contributed by atoms with Crippen LogP contribution in [0.2, 0.25) is 0 Å². The monoisotopic (exact) mass is 230 g/mol. The molecule has 0 bridgehead atoms. The lowest BCUT2D eigenvalue weighted by Crippen LogP contribution is -2.19. The van der Waals surface area contributed by atoms with Crippen LogP contribution in [0.25, 0.3) is 0 Å². The van der Waals surface area contributed by atoms with Crippen molar-refractivity contribution in [3.63, 3.8) is 0 Å². The molecule has 76 valence electrons. The third-order valence-electron chi connectivity index (χ3n) is 1.21. The van der Waals surface area contributed by atoms with Crippen LogP contribution >= 0.6 is 23.5 Å². The number of Topliss-reactive ketones (excluding diaryl/α,β-unsaturated/α-hetero) is 1. The second-order valence-electron chi connectivity index (χ2n) is 2.12. The van der Waals surface area contributed by atoms with E-state index < -0.39 is 17.5 Å². The van der Waals surface area contributed by atoms with Gasteiger partial charge in [-0.2, -0.15) is 13.2 Å². The molecule has 0 unspecified atom stereocenters. The van der Waals surface area contributed by atoms with Gasteiger partial charge in [0.15, 0.2) is 5.78 Å². The number of thioether (sulfide) groups is 2. The average Bonchev–Trinajstić information content (AvgIpc) is 1.96. The van der Waals surface area contributed by atoms with E-state index in [9.17, 15) is 18.0 Å². The van der Waals surface area contributed by atoms with Gasteiger partial charge < -0.3 is 0 Å². The minimum Gasteiger partial charge on any atom is -0.294 e. The van der Waals surface area contributed by atoms with Gasteiger partial charge >= 0.3 is 6.18 Å². The van der Waals surface area contributed by atoms with Gasteiger partial charge in [0.25, 0.3) is 0 Å². The van der Waals surface area contributed by atoms with Crippen molar-refractivity contribution in [1.82, 2.24) is 0 Å². The van der Waals surface area contributed by atoms with Gasteiger partial charge in [0.1, 0.15) is 5.57 Å². The molecule has 13 heavy (non-hydrogen) atoms. The highest BCUT2D eigenvalue weighted by Crippen LogP contribution is 2.37. The standard InChI is InChI=1S/C7H9F3OS2/c1-4(11)5(7(8,9)10)6(12-2)13-3/h1-3H3. The highest BCUT2D eigenvalue weighted by atomic mass is 32.2. The van der Waals surface area contributed by atoms with E-state index in [1.807, 2.05) is 0 Å². The Balaban J connectivity index is 5.22. The summed E-state index contributed by atoms with van der Waals surface area (Å²) >= 11 is 1.87. The molecule has 0 aliphatic rings. The van der Waals surface area contributed by atoms with E-state index in [-0.39, 0.29) is 4.24 Å². The fourth-order valence-electron chi connectivity index (χ4n) is 0.747. The van der Waals surface area contributed by atoms with Gasteiger partial charge in [0.05, 0.1) is 4.24 Å². The molecule has 0 heterocycles. The van der Waals surface area contributed by atoms with E-state index in [2.05, 4.69) is 0 Å². The number of carbonyl (C=O) groups is 1. The molecule has 0 aromatic heterocycles. The molecule has 0 amide bonds. The van der Waals surface area contributed by atoms with Crippen molar-refractivity contribution in [3.8, 4) is 0 Å². The Bertz CT molecular complexity index is 226. The molecule has 0 saturated heterocycles. The maximum atomic E-state index is 12.3. The van der Waals surface area contributed by atoms with E-state index >= 15 is 0 Å². The fourth-order valence-corrected chi connectivity index (χ4v) is 2.34. The number of halogens is 3. The fraction of sp³-hybridized carbons (Fsp3) is 0.571. The molecule has 0 aromatic carbocycles. The first-order valence-electron chi connectivity index (χ1n) is 3.25. The summed E-state index contributed by atoms with van der Waals surface area (Å²) < 4.78 is 36.9. The van der Waals surface area contributed by atoms with E-state index in [4.69, 9.17) is 0 Å². The van der Waals surface area contributed by atoms with Crippen LogP contribution in [-0.2, 0) is 4.79 Å². The number of allylic oxidation sites excluding steroid dienone is 1. The van der Waals surface area contributed by atoms with Gasteiger partial charge in [0.2, 0.25) is 0 Å². The zero-order valence-electron chi connectivity index (χ0n) is 7.36. The van der Waals surface area contributed by atoms with Crippen molar-refractivity contribution < 1.29 is 18.0 Å². The van der Waals surface area contributed by atoms with E-state index in [0.717, 1.165) is 30.4 Å². The predicted molar refractivity (Wildman–Crippen MR) is 50.8 cm³/mol. The van der Waals surface area contributed by atoms with E-state index in [0.29, 0.717) is 0 Å². The Hall–Kier alpha value is -0.100. The smallest absolute Gasteiger partial charge is 0.294 e. The Kier molecular flexibility index (Phi) is 4.91. The summed E-state index contributed by atoms with van der Waals surface area (Å²) in [4.78, 5) is 10.7. The first-order chi connectivity index (χ1) is 5.84. The van der Waals surface area contributed by atoms with Crippen molar-refractivity contribution in [2.75, 3.05) is 12.5 Å². The molecule has 0 radical (unpaired) electrons. The van der Waals surface area contributed by atoms with Crippen molar-refractivity contribution in [2.24, 2.45) is 0 Å². The normalized spacial score (nSPS) is 11.2. The largest absolute Gasteiger partial charge is 0.421 e. The number of ketones is 1. The molecule has 0 saturated carbocycles. The van der Waals surface area contributed by atoms with Crippen LogP contribution < -0.4 is 0 Å². The molecule has 0 N–H and O–H groups in total. The molecular weight excluding hydrogens is 221 g/mol. The minimum absolute atomic E-state index is 0.0139. The third kappa shape index (κ3) is 3.64. The van der Waals surface area contributed by atoms with Gasteiger partial charge in [-0.15, -0.1) is 23.5 Å². The quantitative estimate of drug-likeness (QED) is 0.693. The molecular formula is C7H9F3OS2. The molecule has 0 aromatic rings. The highest BCUT2D eigenvalue weighted by molar-refractivity contribution is 8.21. The Morgan fingerprint density at radius 1 is 1.15 bits per heavy atom.